The zero-order valence-electron chi connectivity index (χ0n) is 14.0. The number of halogens is 1. The molecule has 1 aromatic heterocycles. The summed E-state index contributed by atoms with van der Waals surface area (Å²) in [4.78, 5) is 8.69. The van der Waals surface area contributed by atoms with E-state index in [1.54, 1.807) is 20.4 Å². The van der Waals surface area contributed by atoms with Gasteiger partial charge in [-0.1, -0.05) is 29.8 Å². The molecule has 1 unspecified atom stereocenters. The van der Waals surface area contributed by atoms with E-state index in [9.17, 15) is 0 Å². The Balaban J connectivity index is 1.76. The second-order valence-corrected chi connectivity index (χ2v) is 5.83. The Labute approximate surface area is 151 Å². The van der Waals surface area contributed by atoms with Gasteiger partial charge < -0.3 is 20.1 Å². The lowest BCUT2D eigenvalue weighted by molar-refractivity contribution is 0.140. The van der Waals surface area contributed by atoms with Crippen LogP contribution in [0, 0.1) is 0 Å². The van der Waals surface area contributed by atoms with Gasteiger partial charge in [0, 0.05) is 31.0 Å². The second kappa shape index (κ2) is 8.00. The Morgan fingerprint density at radius 2 is 2.12 bits per heavy atom. The van der Waals surface area contributed by atoms with E-state index >= 15 is 0 Å². The van der Waals surface area contributed by atoms with Crippen molar-refractivity contribution in [1.82, 2.24) is 9.97 Å². The van der Waals surface area contributed by atoms with Crippen LogP contribution in [0.15, 0.2) is 54.4 Å². The molecule has 130 valence electrons. The fourth-order valence-electron chi connectivity index (χ4n) is 2.40. The van der Waals surface area contributed by atoms with E-state index in [1.165, 1.54) is 0 Å². The molecule has 1 heterocycles. The molecule has 0 spiro atoms. The van der Waals surface area contributed by atoms with Gasteiger partial charge >= 0.3 is 0 Å². The van der Waals surface area contributed by atoms with Gasteiger partial charge in [-0.05, 0) is 18.2 Å². The van der Waals surface area contributed by atoms with Crippen LogP contribution in [0.4, 0.5) is 17.5 Å². The van der Waals surface area contributed by atoms with E-state index in [0.29, 0.717) is 16.8 Å². The first-order valence-corrected chi connectivity index (χ1v) is 8.16. The number of methoxy groups -OCH3 is 2. The molecule has 0 aliphatic heterocycles. The highest BCUT2D eigenvalue weighted by Gasteiger charge is 2.13. The molecule has 7 heteroatoms. The number of anilines is 3. The second-order valence-electron chi connectivity index (χ2n) is 5.43. The molecular formula is C18H19ClN4O2. The maximum atomic E-state index is 6.22. The van der Waals surface area contributed by atoms with Crippen molar-refractivity contribution in [3.63, 3.8) is 0 Å². The summed E-state index contributed by atoms with van der Waals surface area (Å²) >= 11 is 6.22. The van der Waals surface area contributed by atoms with Gasteiger partial charge in [-0.15, -0.1) is 0 Å². The van der Waals surface area contributed by atoms with Crippen LogP contribution in [0.1, 0.15) is 6.42 Å². The first-order valence-electron chi connectivity index (χ1n) is 7.78. The lowest BCUT2D eigenvalue weighted by atomic mass is 10.1. The summed E-state index contributed by atoms with van der Waals surface area (Å²) in [6, 6.07) is 7.53. The van der Waals surface area contributed by atoms with Crippen LogP contribution < -0.4 is 15.4 Å². The van der Waals surface area contributed by atoms with Crippen molar-refractivity contribution in [2.45, 2.75) is 12.5 Å². The molecule has 0 radical (unpaired) electrons. The van der Waals surface area contributed by atoms with Crippen LogP contribution in [-0.2, 0) is 4.74 Å². The first kappa shape index (κ1) is 17.3. The molecule has 1 aliphatic rings. The van der Waals surface area contributed by atoms with Crippen LogP contribution in [0.5, 0.6) is 5.75 Å². The molecule has 0 saturated carbocycles. The molecule has 1 aromatic carbocycles. The topological polar surface area (TPSA) is 68.3 Å². The fraction of sp³-hybridized carbons (Fsp3) is 0.222. The third-order valence-corrected chi connectivity index (χ3v) is 3.97. The molecule has 0 amide bonds. The fourth-order valence-corrected chi connectivity index (χ4v) is 2.54. The molecule has 1 aliphatic carbocycles. The summed E-state index contributed by atoms with van der Waals surface area (Å²) < 4.78 is 10.6. The van der Waals surface area contributed by atoms with Crippen LogP contribution in [0.3, 0.4) is 0 Å². The van der Waals surface area contributed by atoms with Crippen molar-refractivity contribution in [2.75, 3.05) is 24.9 Å². The third-order valence-electron chi connectivity index (χ3n) is 3.70. The largest absolute Gasteiger partial charge is 0.497 e. The number of allylic oxidation sites excluding steroid dienone is 2. The van der Waals surface area contributed by atoms with E-state index in [0.717, 1.165) is 23.6 Å². The number of ether oxygens (including phenoxy) is 2. The molecule has 2 N–H and O–H groups in total. The Bertz CT molecular complexity index is 807. The summed E-state index contributed by atoms with van der Waals surface area (Å²) in [6.07, 6.45) is 8.27. The molecule has 0 saturated heterocycles. The van der Waals surface area contributed by atoms with Gasteiger partial charge in [0.05, 0.1) is 19.4 Å². The number of nitrogens with one attached hydrogen (secondary N) is 2. The summed E-state index contributed by atoms with van der Waals surface area (Å²) in [5, 5.41) is 6.82. The zero-order valence-corrected chi connectivity index (χ0v) is 14.7. The normalized spacial score (nSPS) is 16.3. The molecule has 3 rings (SSSR count). The summed E-state index contributed by atoms with van der Waals surface area (Å²) in [7, 11) is 3.31. The van der Waals surface area contributed by atoms with Crippen LogP contribution >= 0.6 is 11.6 Å². The number of hydrogen-bond donors (Lipinski definition) is 2. The number of hydrogen-bond acceptors (Lipinski definition) is 6. The smallest absolute Gasteiger partial charge is 0.228 e. The van der Waals surface area contributed by atoms with Gasteiger partial charge in [0.2, 0.25) is 5.95 Å². The Morgan fingerprint density at radius 1 is 1.24 bits per heavy atom. The molecule has 2 aromatic rings. The van der Waals surface area contributed by atoms with Crippen molar-refractivity contribution >= 4 is 29.1 Å². The van der Waals surface area contributed by atoms with E-state index in [2.05, 4.69) is 20.6 Å². The minimum atomic E-state index is 0.0502. The molecule has 6 nitrogen and oxygen atoms in total. The van der Waals surface area contributed by atoms with E-state index in [-0.39, 0.29) is 6.10 Å². The van der Waals surface area contributed by atoms with Crippen molar-refractivity contribution in [3.05, 3.63) is 59.4 Å². The van der Waals surface area contributed by atoms with E-state index in [4.69, 9.17) is 21.1 Å². The first-order chi connectivity index (χ1) is 12.2. The van der Waals surface area contributed by atoms with Gasteiger partial charge in [0.25, 0.3) is 0 Å². The van der Waals surface area contributed by atoms with Crippen LogP contribution in [0.25, 0.3) is 0 Å². The minimum absolute atomic E-state index is 0.0502. The summed E-state index contributed by atoms with van der Waals surface area (Å²) in [5.41, 5.74) is 1.80. The van der Waals surface area contributed by atoms with Gasteiger partial charge in [-0.2, -0.15) is 4.98 Å². The van der Waals surface area contributed by atoms with Crippen LogP contribution in [-0.4, -0.2) is 30.3 Å². The van der Waals surface area contributed by atoms with Crippen molar-refractivity contribution < 1.29 is 9.47 Å². The van der Waals surface area contributed by atoms with Gasteiger partial charge in [-0.25, -0.2) is 4.98 Å². The van der Waals surface area contributed by atoms with Crippen LogP contribution in [0.2, 0.25) is 5.02 Å². The average molecular weight is 359 g/mol. The monoisotopic (exact) mass is 358 g/mol. The SMILES string of the molecule is COc1cccc(Nc2nc(NC3=CC=CC(OC)C3)ncc2Cl)c1. The number of benzene rings is 1. The third kappa shape index (κ3) is 4.49. The highest BCUT2D eigenvalue weighted by Crippen LogP contribution is 2.26. The lowest BCUT2D eigenvalue weighted by Crippen LogP contribution is -2.15. The Hall–Kier alpha value is -2.57. The predicted molar refractivity (Wildman–Crippen MR) is 99.6 cm³/mol. The minimum Gasteiger partial charge on any atom is -0.497 e. The molecule has 1 atom stereocenters. The van der Waals surface area contributed by atoms with Crippen molar-refractivity contribution in [2.24, 2.45) is 0 Å². The Morgan fingerprint density at radius 3 is 2.92 bits per heavy atom. The van der Waals surface area contributed by atoms with Gasteiger partial charge in [-0.3, -0.25) is 0 Å². The van der Waals surface area contributed by atoms with Gasteiger partial charge in [0.15, 0.2) is 5.82 Å². The number of rotatable bonds is 6. The summed E-state index contributed by atoms with van der Waals surface area (Å²) in [6.45, 7) is 0. The van der Waals surface area contributed by atoms with Gasteiger partial charge in [0.1, 0.15) is 10.8 Å². The van der Waals surface area contributed by atoms with Crippen molar-refractivity contribution in [1.29, 1.82) is 0 Å². The predicted octanol–water partition coefficient (Wildman–Crippen LogP) is 4.15. The maximum absolute atomic E-state index is 6.22. The molecule has 25 heavy (non-hydrogen) atoms. The molecule has 0 bridgehead atoms. The molecular weight excluding hydrogens is 340 g/mol. The molecule has 0 fully saturated rings. The quantitative estimate of drug-likeness (QED) is 0.808. The highest BCUT2D eigenvalue weighted by molar-refractivity contribution is 6.32. The van der Waals surface area contributed by atoms with Crippen molar-refractivity contribution in [3.8, 4) is 5.75 Å². The zero-order chi connectivity index (χ0) is 17.6. The summed E-state index contributed by atoms with van der Waals surface area (Å²) in [5.74, 6) is 1.73. The lowest BCUT2D eigenvalue weighted by Gasteiger charge is -2.18. The number of nitrogens with zero attached hydrogens (tertiary/aromatic N) is 2. The average Bonchev–Trinajstić information content (AvgIpc) is 2.65. The highest BCUT2D eigenvalue weighted by atomic mass is 35.5. The standard InChI is InChI=1S/C18H19ClN4O2/c1-24-14-7-3-5-12(9-14)21-17-16(19)11-20-18(23-17)22-13-6-4-8-15(10-13)25-2/h3-9,11,15H,10H2,1-2H3,(H2,20,21,22,23). The number of aromatic nitrogens is 2. The van der Waals surface area contributed by atoms with E-state index < -0.39 is 0 Å². The van der Waals surface area contributed by atoms with E-state index in [1.807, 2.05) is 42.5 Å². The maximum Gasteiger partial charge on any atom is 0.228 e. The Kier molecular flexibility index (Phi) is 5.53.